The third kappa shape index (κ3) is 2.52. The molecule has 14 heavy (non-hydrogen) atoms. The third-order valence-electron chi connectivity index (χ3n) is 1.99. The average molecular weight is 197 g/mol. The van der Waals surface area contributed by atoms with Crippen molar-refractivity contribution in [2.45, 2.75) is 20.3 Å². The molecule has 1 rings (SSSR count). The lowest BCUT2D eigenvalue weighted by Gasteiger charge is -2.18. The molecular formula is C10H12FNO2. The summed E-state index contributed by atoms with van der Waals surface area (Å²) in [6.07, 6.45) is 2.85. The maximum Gasteiger partial charge on any atom is 0.309 e. The molecule has 0 aromatic carbocycles. The molecule has 4 heteroatoms. The van der Waals surface area contributed by atoms with Crippen molar-refractivity contribution in [1.29, 1.82) is 0 Å². The van der Waals surface area contributed by atoms with Gasteiger partial charge in [0.2, 0.25) is 0 Å². The fraction of sp³-hybridized carbons (Fsp3) is 0.400. The van der Waals surface area contributed by atoms with Gasteiger partial charge < -0.3 is 5.11 Å². The molecule has 1 N–H and O–H groups in total. The summed E-state index contributed by atoms with van der Waals surface area (Å²) in [5.41, 5.74) is -0.299. The third-order valence-corrected chi connectivity index (χ3v) is 1.99. The number of hydrogen-bond acceptors (Lipinski definition) is 2. The van der Waals surface area contributed by atoms with Gasteiger partial charge in [-0.25, -0.2) is 4.39 Å². The lowest BCUT2D eigenvalue weighted by atomic mass is 9.86. The zero-order chi connectivity index (χ0) is 10.8. The van der Waals surface area contributed by atoms with Crippen LogP contribution < -0.4 is 0 Å². The number of pyridine rings is 1. The Kier molecular flexibility index (Phi) is 2.84. The smallest absolute Gasteiger partial charge is 0.309 e. The van der Waals surface area contributed by atoms with Crippen LogP contribution in [-0.2, 0) is 11.2 Å². The topological polar surface area (TPSA) is 50.2 Å². The van der Waals surface area contributed by atoms with E-state index < -0.39 is 17.2 Å². The first-order valence-corrected chi connectivity index (χ1v) is 4.24. The Balaban J connectivity index is 2.83. The van der Waals surface area contributed by atoms with Crippen molar-refractivity contribution >= 4 is 5.97 Å². The lowest BCUT2D eigenvalue weighted by Crippen LogP contribution is -2.26. The minimum absolute atomic E-state index is 0.271. The number of carboxylic acids is 1. The Morgan fingerprint density at radius 1 is 1.57 bits per heavy atom. The summed E-state index contributed by atoms with van der Waals surface area (Å²) in [7, 11) is 0. The van der Waals surface area contributed by atoms with E-state index in [9.17, 15) is 9.18 Å². The summed E-state index contributed by atoms with van der Waals surface area (Å²) in [6, 6.07) is 1.30. The van der Waals surface area contributed by atoms with E-state index in [1.54, 1.807) is 13.8 Å². The molecule has 76 valence electrons. The van der Waals surface area contributed by atoms with Crippen molar-refractivity contribution in [2.75, 3.05) is 0 Å². The Bertz CT molecular complexity index is 350. The van der Waals surface area contributed by atoms with E-state index in [0.717, 1.165) is 6.20 Å². The van der Waals surface area contributed by atoms with Gasteiger partial charge in [0.05, 0.1) is 11.6 Å². The molecule has 0 saturated carbocycles. The van der Waals surface area contributed by atoms with E-state index in [1.807, 2.05) is 0 Å². The van der Waals surface area contributed by atoms with E-state index in [1.165, 1.54) is 12.3 Å². The fourth-order valence-electron chi connectivity index (χ4n) is 1.14. The highest BCUT2D eigenvalue weighted by Crippen LogP contribution is 2.21. The molecule has 0 atom stereocenters. The molecule has 1 aromatic rings. The quantitative estimate of drug-likeness (QED) is 0.804. The van der Waals surface area contributed by atoms with Gasteiger partial charge in [-0.15, -0.1) is 0 Å². The monoisotopic (exact) mass is 197 g/mol. The van der Waals surface area contributed by atoms with Crippen LogP contribution in [0.1, 0.15) is 19.4 Å². The van der Waals surface area contributed by atoms with E-state index in [-0.39, 0.29) is 6.42 Å². The minimum Gasteiger partial charge on any atom is -0.481 e. The van der Waals surface area contributed by atoms with Gasteiger partial charge in [-0.05, 0) is 31.9 Å². The molecule has 0 fully saturated rings. The summed E-state index contributed by atoms with van der Waals surface area (Å²) in [4.78, 5) is 14.5. The molecule has 0 aliphatic rings. The maximum absolute atomic E-state index is 12.7. The predicted molar refractivity (Wildman–Crippen MR) is 49.3 cm³/mol. The first kappa shape index (κ1) is 10.6. The fourth-order valence-corrected chi connectivity index (χ4v) is 1.14. The number of aromatic nitrogens is 1. The standard InChI is InChI=1S/C10H12FNO2/c1-10(2,9(13)14)4-7-3-8(11)6-12-5-7/h3,5-6H,4H2,1-2H3,(H,13,14). The number of rotatable bonds is 3. The second-order valence-electron chi connectivity index (χ2n) is 3.88. The van der Waals surface area contributed by atoms with Crippen molar-refractivity contribution in [3.05, 3.63) is 29.8 Å². The number of carboxylic acid groups (broad SMARTS) is 1. The molecule has 0 aliphatic heterocycles. The lowest BCUT2D eigenvalue weighted by molar-refractivity contribution is -0.146. The van der Waals surface area contributed by atoms with Crippen LogP contribution >= 0.6 is 0 Å². The van der Waals surface area contributed by atoms with E-state index in [2.05, 4.69) is 4.98 Å². The largest absolute Gasteiger partial charge is 0.481 e. The highest BCUT2D eigenvalue weighted by molar-refractivity contribution is 5.74. The van der Waals surface area contributed by atoms with Crippen LogP contribution in [0.15, 0.2) is 18.5 Å². The van der Waals surface area contributed by atoms with Crippen LogP contribution in [-0.4, -0.2) is 16.1 Å². The first-order valence-electron chi connectivity index (χ1n) is 4.24. The molecule has 1 aromatic heterocycles. The molecule has 0 amide bonds. The van der Waals surface area contributed by atoms with E-state index >= 15 is 0 Å². The van der Waals surface area contributed by atoms with Crippen LogP contribution in [0.4, 0.5) is 4.39 Å². The summed E-state index contributed by atoms with van der Waals surface area (Å²) in [5, 5.41) is 8.86. The Hall–Kier alpha value is -1.45. The van der Waals surface area contributed by atoms with Crippen LogP contribution in [0.5, 0.6) is 0 Å². The van der Waals surface area contributed by atoms with Crippen molar-refractivity contribution in [1.82, 2.24) is 4.98 Å². The van der Waals surface area contributed by atoms with Crippen LogP contribution in [0.25, 0.3) is 0 Å². The van der Waals surface area contributed by atoms with Crippen LogP contribution in [0, 0.1) is 11.2 Å². The maximum atomic E-state index is 12.7. The van der Waals surface area contributed by atoms with Crippen molar-refractivity contribution in [3.8, 4) is 0 Å². The SMILES string of the molecule is CC(C)(Cc1cncc(F)c1)C(=O)O. The number of hydrogen-bond donors (Lipinski definition) is 1. The Labute approximate surface area is 81.6 Å². The molecule has 0 spiro atoms. The Morgan fingerprint density at radius 3 is 2.71 bits per heavy atom. The molecular weight excluding hydrogens is 185 g/mol. The number of nitrogens with zero attached hydrogens (tertiary/aromatic N) is 1. The van der Waals surface area contributed by atoms with Gasteiger partial charge in [0, 0.05) is 6.20 Å². The number of carbonyl (C=O) groups is 1. The highest BCUT2D eigenvalue weighted by atomic mass is 19.1. The van der Waals surface area contributed by atoms with Gasteiger partial charge in [-0.2, -0.15) is 0 Å². The average Bonchev–Trinajstić information content (AvgIpc) is 2.02. The van der Waals surface area contributed by atoms with Crippen LogP contribution in [0.2, 0.25) is 0 Å². The molecule has 0 radical (unpaired) electrons. The summed E-state index contributed by atoms with van der Waals surface area (Å²) < 4.78 is 12.7. The summed E-state index contributed by atoms with van der Waals surface area (Å²) in [6.45, 7) is 3.19. The van der Waals surface area contributed by atoms with Gasteiger partial charge >= 0.3 is 5.97 Å². The number of halogens is 1. The molecule has 0 bridgehead atoms. The van der Waals surface area contributed by atoms with Gasteiger partial charge in [0.15, 0.2) is 0 Å². The molecule has 1 heterocycles. The normalized spacial score (nSPS) is 11.4. The molecule has 3 nitrogen and oxygen atoms in total. The minimum atomic E-state index is -0.901. The van der Waals surface area contributed by atoms with E-state index in [4.69, 9.17) is 5.11 Å². The van der Waals surface area contributed by atoms with Crippen molar-refractivity contribution < 1.29 is 14.3 Å². The van der Waals surface area contributed by atoms with Crippen LogP contribution in [0.3, 0.4) is 0 Å². The second kappa shape index (κ2) is 3.74. The predicted octanol–water partition coefficient (Wildman–Crippen LogP) is 1.87. The highest BCUT2D eigenvalue weighted by Gasteiger charge is 2.27. The summed E-state index contributed by atoms with van der Waals surface area (Å²) >= 11 is 0. The van der Waals surface area contributed by atoms with Gasteiger partial charge in [-0.3, -0.25) is 9.78 Å². The zero-order valence-electron chi connectivity index (χ0n) is 8.12. The Morgan fingerprint density at radius 2 is 2.21 bits per heavy atom. The van der Waals surface area contributed by atoms with Gasteiger partial charge in [-0.1, -0.05) is 0 Å². The van der Waals surface area contributed by atoms with Gasteiger partial charge in [0.1, 0.15) is 5.82 Å². The zero-order valence-corrected chi connectivity index (χ0v) is 8.12. The molecule has 0 saturated heterocycles. The molecule has 0 unspecified atom stereocenters. The van der Waals surface area contributed by atoms with Gasteiger partial charge in [0.25, 0.3) is 0 Å². The van der Waals surface area contributed by atoms with Crippen molar-refractivity contribution in [3.63, 3.8) is 0 Å². The summed E-state index contributed by atoms with van der Waals surface area (Å²) in [5.74, 6) is -1.34. The second-order valence-corrected chi connectivity index (χ2v) is 3.88. The number of aliphatic carboxylic acids is 1. The first-order chi connectivity index (χ1) is 6.42. The van der Waals surface area contributed by atoms with E-state index in [0.29, 0.717) is 5.56 Å². The van der Waals surface area contributed by atoms with Crippen molar-refractivity contribution in [2.24, 2.45) is 5.41 Å². The molecule has 0 aliphatic carbocycles.